The lowest BCUT2D eigenvalue weighted by Gasteiger charge is -2.21. The van der Waals surface area contributed by atoms with E-state index in [-0.39, 0.29) is 4.90 Å². The molecule has 2 amide bonds. The van der Waals surface area contributed by atoms with Gasteiger partial charge in [-0.05, 0) is 23.1 Å². The Kier molecular flexibility index (Phi) is 4.27. The summed E-state index contributed by atoms with van der Waals surface area (Å²) < 4.78 is 26.9. The van der Waals surface area contributed by atoms with Crippen molar-refractivity contribution in [3.8, 4) is 0 Å². The minimum absolute atomic E-state index is 0.169. The van der Waals surface area contributed by atoms with Crippen molar-refractivity contribution in [2.45, 2.75) is 10.9 Å². The summed E-state index contributed by atoms with van der Waals surface area (Å²) in [5.74, 6) is -1.35. The molecule has 0 aromatic heterocycles. The van der Waals surface area contributed by atoms with E-state index in [4.69, 9.17) is 5.73 Å². The van der Waals surface area contributed by atoms with E-state index in [1.165, 1.54) is 6.07 Å². The zero-order valence-electron chi connectivity index (χ0n) is 14.7. The van der Waals surface area contributed by atoms with Gasteiger partial charge in [0.2, 0.25) is 11.8 Å². The number of hydrogen-bond acceptors (Lipinski definition) is 4. The molecule has 0 saturated carbocycles. The van der Waals surface area contributed by atoms with Crippen LogP contribution in [0.1, 0.15) is 11.6 Å². The van der Waals surface area contributed by atoms with Crippen LogP contribution in [0.3, 0.4) is 0 Å². The summed E-state index contributed by atoms with van der Waals surface area (Å²) in [5, 5.41) is 3.91. The van der Waals surface area contributed by atoms with Crippen LogP contribution in [0.15, 0.2) is 71.6 Å². The van der Waals surface area contributed by atoms with Crippen LogP contribution in [0.25, 0.3) is 10.8 Å². The Labute approximate surface area is 161 Å². The van der Waals surface area contributed by atoms with Gasteiger partial charge >= 0.3 is 0 Å². The van der Waals surface area contributed by atoms with Crippen molar-refractivity contribution in [3.63, 3.8) is 0 Å². The average molecular weight is 395 g/mol. The van der Waals surface area contributed by atoms with Gasteiger partial charge < -0.3 is 11.1 Å². The zero-order valence-corrected chi connectivity index (χ0v) is 15.5. The van der Waals surface area contributed by atoms with Gasteiger partial charge in [0.25, 0.3) is 10.0 Å². The third-order valence-electron chi connectivity index (χ3n) is 4.69. The Morgan fingerprint density at radius 2 is 1.64 bits per heavy atom. The summed E-state index contributed by atoms with van der Waals surface area (Å²) >= 11 is 0. The van der Waals surface area contributed by atoms with Gasteiger partial charge in [-0.25, -0.2) is 8.42 Å². The van der Waals surface area contributed by atoms with Gasteiger partial charge in [-0.3, -0.25) is 13.9 Å². The topological polar surface area (TPSA) is 110 Å². The molecule has 8 heteroatoms. The molecule has 28 heavy (non-hydrogen) atoms. The maximum Gasteiger partial charge on any atom is 0.265 e. The molecule has 3 N–H and O–H groups in total. The fraction of sp³-hybridized carbons (Fsp3) is 0.100. The van der Waals surface area contributed by atoms with Gasteiger partial charge in [0.05, 0.1) is 10.6 Å². The lowest BCUT2D eigenvalue weighted by Crippen LogP contribution is -2.43. The van der Waals surface area contributed by atoms with Crippen LogP contribution in [-0.2, 0) is 19.6 Å². The number of primary amides is 1. The van der Waals surface area contributed by atoms with E-state index in [1.807, 2.05) is 12.1 Å². The number of hydrogen-bond donors (Lipinski definition) is 2. The first kappa shape index (κ1) is 18.0. The van der Waals surface area contributed by atoms with Crippen LogP contribution in [0.4, 0.5) is 5.69 Å². The molecule has 0 bridgehead atoms. The highest BCUT2D eigenvalue weighted by Crippen LogP contribution is 2.41. The van der Waals surface area contributed by atoms with Gasteiger partial charge in [0.1, 0.15) is 12.6 Å². The lowest BCUT2D eigenvalue weighted by atomic mass is 10.1. The maximum absolute atomic E-state index is 12.9. The van der Waals surface area contributed by atoms with Crippen LogP contribution in [0, 0.1) is 0 Å². The first-order valence-corrected chi connectivity index (χ1v) is 10.0. The van der Waals surface area contributed by atoms with Crippen LogP contribution >= 0.6 is 0 Å². The highest BCUT2D eigenvalue weighted by atomic mass is 32.2. The van der Waals surface area contributed by atoms with Crippen molar-refractivity contribution >= 4 is 38.3 Å². The molecular formula is C20H17N3O4S. The molecule has 4 rings (SSSR count). The Morgan fingerprint density at radius 3 is 2.32 bits per heavy atom. The summed E-state index contributed by atoms with van der Waals surface area (Å²) in [5.41, 5.74) is 6.39. The first-order chi connectivity index (χ1) is 13.4. The molecule has 0 fully saturated rings. The summed E-state index contributed by atoms with van der Waals surface area (Å²) in [6.45, 7) is -0.452. The van der Waals surface area contributed by atoms with Crippen LogP contribution in [0.2, 0.25) is 0 Å². The number of carbonyl (C=O) groups is 2. The van der Waals surface area contributed by atoms with Crippen LogP contribution in [-0.4, -0.2) is 26.8 Å². The second-order valence-corrected chi connectivity index (χ2v) is 8.29. The lowest BCUT2D eigenvalue weighted by molar-refractivity contribution is -0.126. The van der Waals surface area contributed by atoms with E-state index in [2.05, 4.69) is 5.32 Å². The second-order valence-electron chi connectivity index (χ2n) is 6.46. The van der Waals surface area contributed by atoms with Gasteiger partial charge in [-0.15, -0.1) is 0 Å². The number of rotatable bonds is 5. The van der Waals surface area contributed by atoms with Crippen molar-refractivity contribution in [3.05, 3.63) is 72.3 Å². The highest BCUT2D eigenvalue weighted by molar-refractivity contribution is 7.93. The monoisotopic (exact) mass is 395 g/mol. The van der Waals surface area contributed by atoms with E-state index in [9.17, 15) is 18.0 Å². The standard InChI is InChI=1S/C20H17N3O4S/c21-20(25)19(14-6-2-1-3-7-14)22-17(24)12-23-15-10-4-8-13-9-5-11-16(18(13)15)28(23,26)27/h1-11,19H,12H2,(H2,21,25)(H,22,24). The molecule has 1 unspecified atom stereocenters. The smallest absolute Gasteiger partial charge is 0.265 e. The Balaban J connectivity index is 1.64. The predicted octanol–water partition coefficient (Wildman–Crippen LogP) is 1.69. The third kappa shape index (κ3) is 2.87. The van der Waals surface area contributed by atoms with E-state index in [1.54, 1.807) is 48.5 Å². The van der Waals surface area contributed by atoms with Gasteiger partial charge in [0.15, 0.2) is 0 Å². The summed E-state index contributed by atoms with van der Waals surface area (Å²) in [6, 6.07) is 17.7. The number of nitrogens with zero attached hydrogens (tertiary/aromatic N) is 1. The van der Waals surface area contributed by atoms with E-state index in [0.29, 0.717) is 16.6 Å². The Hall–Kier alpha value is -3.39. The number of amides is 2. The fourth-order valence-corrected chi connectivity index (χ4v) is 5.10. The second kappa shape index (κ2) is 6.65. The molecule has 7 nitrogen and oxygen atoms in total. The van der Waals surface area contributed by atoms with Crippen molar-refractivity contribution in [2.24, 2.45) is 5.73 Å². The highest BCUT2D eigenvalue weighted by Gasteiger charge is 2.37. The molecule has 1 atom stereocenters. The van der Waals surface area contributed by atoms with Gasteiger partial charge in [-0.2, -0.15) is 0 Å². The van der Waals surface area contributed by atoms with Gasteiger partial charge in [-0.1, -0.05) is 54.6 Å². The predicted molar refractivity (Wildman–Crippen MR) is 105 cm³/mol. The van der Waals surface area contributed by atoms with E-state index in [0.717, 1.165) is 9.69 Å². The van der Waals surface area contributed by atoms with Crippen molar-refractivity contribution in [1.82, 2.24) is 5.32 Å². The molecule has 142 valence electrons. The summed E-state index contributed by atoms with van der Waals surface area (Å²) in [4.78, 5) is 24.6. The minimum Gasteiger partial charge on any atom is -0.368 e. The molecule has 1 aliphatic rings. The minimum atomic E-state index is -3.86. The molecule has 1 aliphatic heterocycles. The van der Waals surface area contributed by atoms with Gasteiger partial charge in [0, 0.05) is 5.39 Å². The molecule has 0 aliphatic carbocycles. The number of benzene rings is 3. The third-order valence-corrected chi connectivity index (χ3v) is 6.49. The fourth-order valence-electron chi connectivity index (χ4n) is 3.43. The normalized spacial score (nSPS) is 15.4. The maximum atomic E-state index is 12.9. The molecule has 0 spiro atoms. The number of carbonyl (C=O) groups excluding carboxylic acids is 2. The number of sulfonamides is 1. The average Bonchev–Trinajstić information content (AvgIpc) is 2.90. The number of anilines is 1. The number of nitrogens with two attached hydrogens (primary N) is 1. The molecule has 0 radical (unpaired) electrons. The van der Waals surface area contributed by atoms with Crippen LogP contribution in [0.5, 0.6) is 0 Å². The largest absolute Gasteiger partial charge is 0.368 e. The Bertz CT molecular complexity index is 1190. The molecule has 0 saturated heterocycles. The number of nitrogens with one attached hydrogen (secondary N) is 1. The first-order valence-electron chi connectivity index (χ1n) is 8.58. The van der Waals surface area contributed by atoms with Crippen molar-refractivity contribution < 1.29 is 18.0 Å². The van der Waals surface area contributed by atoms with E-state index >= 15 is 0 Å². The molecule has 1 heterocycles. The SMILES string of the molecule is NC(=O)C(NC(=O)CN1c2cccc3cccc(c23)S1(=O)=O)c1ccccc1. The Morgan fingerprint density at radius 1 is 0.964 bits per heavy atom. The summed E-state index contributed by atoms with van der Waals surface area (Å²) in [6.07, 6.45) is 0. The summed E-state index contributed by atoms with van der Waals surface area (Å²) in [7, 11) is -3.86. The zero-order chi connectivity index (χ0) is 19.9. The quantitative estimate of drug-likeness (QED) is 0.685. The van der Waals surface area contributed by atoms with Crippen molar-refractivity contribution in [2.75, 3.05) is 10.8 Å². The van der Waals surface area contributed by atoms with E-state index < -0.39 is 34.4 Å². The molecule has 3 aromatic carbocycles. The van der Waals surface area contributed by atoms with Crippen LogP contribution < -0.4 is 15.4 Å². The molecule has 3 aromatic rings. The molecular weight excluding hydrogens is 378 g/mol. The van der Waals surface area contributed by atoms with Crippen molar-refractivity contribution in [1.29, 1.82) is 0 Å².